The predicted octanol–water partition coefficient (Wildman–Crippen LogP) is 2.22. The van der Waals surface area contributed by atoms with Crippen LogP contribution in [0.1, 0.15) is 12.0 Å². The van der Waals surface area contributed by atoms with Gasteiger partial charge in [0, 0.05) is 50.8 Å². The number of carboxylic acid groups (broad SMARTS) is 2. The molecule has 1 aliphatic heterocycles. The van der Waals surface area contributed by atoms with Gasteiger partial charge in [-0.3, -0.25) is 24.3 Å². The maximum absolute atomic E-state index is 12.5. The van der Waals surface area contributed by atoms with Gasteiger partial charge in [0.05, 0.1) is 31.6 Å². The van der Waals surface area contributed by atoms with Gasteiger partial charge in [-0.05, 0) is 35.1 Å². The molecule has 0 unspecified atom stereocenters. The number of methoxy groups -OCH3 is 2. The van der Waals surface area contributed by atoms with Gasteiger partial charge >= 0.3 is 5.97 Å². The second-order valence-electron chi connectivity index (χ2n) is 8.00. The molecule has 2 N–H and O–H groups in total. The smallest absolute Gasteiger partial charge is 0.303 e. The Morgan fingerprint density at radius 2 is 1.82 bits per heavy atom. The molecule has 0 aliphatic carbocycles. The molecule has 10 heteroatoms. The number of nitrogens with zero attached hydrogens (tertiary/aromatic N) is 3. The molecule has 0 amide bonds. The minimum atomic E-state index is -0.760. The summed E-state index contributed by atoms with van der Waals surface area (Å²) in [6, 6.07) is 5.74. The highest BCUT2D eigenvalue weighted by Gasteiger charge is 2.30. The summed E-state index contributed by atoms with van der Waals surface area (Å²) < 4.78 is 12.9. The van der Waals surface area contributed by atoms with E-state index in [4.69, 9.17) is 24.5 Å². The summed E-state index contributed by atoms with van der Waals surface area (Å²) >= 11 is 0. The Morgan fingerprint density at radius 3 is 2.38 bits per heavy atom. The highest BCUT2D eigenvalue weighted by molar-refractivity contribution is 5.95. The molecular weight excluding hydrogens is 442 g/mol. The zero-order chi connectivity index (χ0) is 24.8. The van der Waals surface area contributed by atoms with E-state index in [1.54, 1.807) is 38.2 Å². The molecule has 1 fully saturated rings. The first-order chi connectivity index (χ1) is 16.3. The number of aryl methyl sites for hydroxylation is 1. The number of carboxylic acids is 1. The lowest BCUT2D eigenvalue weighted by molar-refractivity contribution is -0.139. The molecule has 2 aromatic heterocycles. The average molecular weight is 469 g/mol. The number of benzene rings is 1. The third-order valence-corrected chi connectivity index (χ3v) is 5.78. The number of rotatable bonds is 7. The summed E-state index contributed by atoms with van der Waals surface area (Å²) in [6.07, 6.45) is 5.26. The lowest BCUT2D eigenvalue weighted by Gasteiger charge is -2.39. The van der Waals surface area contributed by atoms with Crippen molar-refractivity contribution < 1.29 is 29.3 Å². The first kappa shape index (κ1) is 24.7. The highest BCUT2D eigenvalue weighted by atomic mass is 16.5. The lowest BCUT2D eigenvalue weighted by Crippen LogP contribution is -2.46. The summed E-state index contributed by atoms with van der Waals surface area (Å²) in [4.78, 5) is 38.0. The summed E-state index contributed by atoms with van der Waals surface area (Å²) in [5.41, 5.74) is 2.57. The van der Waals surface area contributed by atoms with Gasteiger partial charge in [0.2, 0.25) is 0 Å². The Balaban J connectivity index is 0.00000103. The molecule has 180 valence electrons. The maximum Gasteiger partial charge on any atom is 0.303 e. The van der Waals surface area contributed by atoms with Crippen molar-refractivity contribution in [2.45, 2.75) is 13.0 Å². The van der Waals surface area contributed by atoms with Gasteiger partial charge in [-0.15, -0.1) is 0 Å². The van der Waals surface area contributed by atoms with Crippen molar-refractivity contribution in [3.05, 3.63) is 52.7 Å². The summed E-state index contributed by atoms with van der Waals surface area (Å²) in [7, 11) is 4.96. The maximum atomic E-state index is 12.5. The van der Waals surface area contributed by atoms with Crippen LogP contribution in [0, 0.1) is 5.92 Å². The van der Waals surface area contributed by atoms with Gasteiger partial charge in [0.1, 0.15) is 11.5 Å². The average Bonchev–Trinajstić information content (AvgIpc) is 2.80. The van der Waals surface area contributed by atoms with Gasteiger partial charge in [-0.1, -0.05) is 0 Å². The van der Waals surface area contributed by atoms with Crippen LogP contribution in [0.2, 0.25) is 0 Å². The molecule has 0 atom stereocenters. The number of hydrogen-bond acceptors (Lipinski definition) is 7. The number of hydrogen-bond donors (Lipinski definition) is 2. The van der Waals surface area contributed by atoms with Gasteiger partial charge < -0.3 is 24.3 Å². The number of likely N-dealkylation sites (tertiary alicyclic amines) is 1. The van der Waals surface area contributed by atoms with Crippen LogP contribution in [0.25, 0.3) is 21.9 Å². The summed E-state index contributed by atoms with van der Waals surface area (Å²) in [6.45, 7) is 1.83. The highest BCUT2D eigenvalue weighted by Crippen LogP contribution is 2.38. The molecule has 4 rings (SSSR count). The number of aromatic nitrogens is 2. The number of ether oxygens (including phenoxy) is 2. The van der Waals surface area contributed by atoms with E-state index in [1.165, 1.54) is 0 Å². The van der Waals surface area contributed by atoms with Crippen LogP contribution in [-0.2, 0) is 23.2 Å². The second-order valence-corrected chi connectivity index (χ2v) is 8.00. The molecule has 0 saturated carbocycles. The van der Waals surface area contributed by atoms with E-state index in [2.05, 4.69) is 9.88 Å². The lowest BCUT2D eigenvalue weighted by atomic mass is 9.94. The van der Waals surface area contributed by atoms with Crippen molar-refractivity contribution in [3.8, 4) is 22.6 Å². The van der Waals surface area contributed by atoms with Crippen molar-refractivity contribution >= 4 is 23.2 Å². The fourth-order valence-corrected chi connectivity index (χ4v) is 4.24. The molecule has 1 aromatic carbocycles. The van der Waals surface area contributed by atoms with E-state index in [1.807, 2.05) is 24.4 Å². The molecule has 3 heterocycles. The second kappa shape index (κ2) is 10.8. The molecule has 34 heavy (non-hydrogen) atoms. The molecular formula is C24H27N3O7. The minimum absolute atomic E-state index is 0.101. The van der Waals surface area contributed by atoms with Crippen LogP contribution in [0.15, 0.2) is 41.6 Å². The zero-order valence-corrected chi connectivity index (χ0v) is 19.2. The summed E-state index contributed by atoms with van der Waals surface area (Å²) in [5.74, 6) is 0.794. The standard InChI is InChI=1S/C23H25N3O5.CH2O2/c1-25-12-18(16-4-5-24-9-17(16)23(25)29)15-7-20(30-2)19(21(8-15)31-3)13-26-10-14(11-26)6-22(27)28;2-1-3/h4-5,7-9,12,14H,6,10-11,13H2,1-3H3,(H,27,28);1H,(H,2,3). The third kappa shape index (κ3) is 5.18. The van der Waals surface area contributed by atoms with Crippen molar-refractivity contribution in [1.29, 1.82) is 0 Å². The van der Waals surface area contributed by atoms with E-state index in [0.717, 1.165) is 35.2 Å². The molecule has 0 bridgehead atoms. The number of carbonyl (C=O) groups is 2. The van der Waals surface area contributed by atoms with Gasteiger partial charge in [-0.2, -0.15) is 0 Å². The predicted molar refractivity (Wildman–Crippen MR) is 125 cm³/mol. The Morgan fingerprint density at radius 1 is 1.21 bits per heavy atom. The molecule has 0 radical (unpaired) electrons. The van der Waals surface area contributed by atoms with E-state index in [-0.39, 0.29) is 24.4 Å². The Kier molecular flexibility index (Phi) is 7.85. The van der Waals surface area contributed by atoms with Crippen LogP contribution >= 0.6 is 0 Å². The topological polar surface area (TPSA) is 131 Å². The van der Waals surface area contributed by atoms with Gasteiger partial charge in [0.15, 0.2) is 0 Å². The fraction of sp³-hybridized carbons (Fsp3) is 0.333. The van der Waals surface area contributed by atoms with E-state index >= 15 is 0 Å². The van der Waals surface area contributed by atoms with Crippen molar-refractivity contribution in [1.82, 2.24) is 14.5 Å². The van der Waals surface area contributed by atoms with Gasteiger partial charge in [-0.25, -0.2) is 0 Å². The Labute approximate surface area is 196 Å². The first-order valence-corrected chi connectivity index (χ1v) is 10.5. The van der Waals surface area contributed by atoms with Gasteiger partial charge in [0.25, 0.3) is 12.0 Å². The van der Waals surface area contributed by atoms with Crippen molar-refractivity contribution in [2.75, 3.05) is 27.3 Å². The number of aliphatic carboxylic acids is 1. The van der Waals surface area contributed by atoms with Crippen LogP contribution < -0.4 is 15.0 Å². The molecule has 0 spiro atoms. The normalized spacial score (nSPS) is 13.5. The summed E-state index contributed by atoms with van der Waals surface area (Å²) in [5, 5.41) is 17.2. The number of fused-ring (bicyclic) bond motifs is 1. The quantitative estimate of drug-likeness (QED) is 0.500. The number of pyridine rings is 2. The van der Waals surface area contributed by atoms with Crippen molar-refractivity contribution in [3.63, 3.8) is 0 Å². The first-order valence-electron chi connectivity index (χ1n) is 10.5. The SMILES string of the molecule is COc1cc(-c2cn(C)c(=O)c3cnccc23)cc(OC)c1CN1CC(CC(=O)O)C1.O=CO. The van der Waals surface area contributed by atoms with E-state index in [9.17, 15) is 9.59 Å². The monoisotopic (exact) mass is 469 g/mol. The Bertz CT molecular complexity index is 1220. The van der Waals surface area contributed by atoms with Crippen LogP contribution in [-0.4, -0.2) is 64.4 Å². The molecule has 10 nitrogen and oxygen atoms in total. The van der Waals surface area contributed by atoms with E-state index in [0.29, 0.717) is 23.4 Å². The minimum Gasteiger partial charge on any atom is -0.496 e. The van der Waals surface area contributed by atoms with Crippen LogP contribution in [0.4, 0.5) is 0 Å². The van der Waals surface area contributed by atoms with Crippen LogP contribution in [0.5, 0.6) is 11.5 Å². The van der Waals surface area contributed by atoms with Crippen molar-refractivity contribution in [2.24, 2.45) is 13.0 Å². The van der Waals surface area contributed by atoms with Crippen LogP contribution in [0.3, 0.4) is 0 Å². The largest absolute Gasteiger partial charge is 0.496 e. The zero-order valence-electron chi connectivity index (χ0n) is 19.2. The molecule has 1 aliphatic rings. The molecule has 1 saturated heterocycles. The third-order valence-electron chi connectivity index (χ3n) is 5.78. The fourth-order valence-electron chi connectivity index (χ4n) is 4.24. The molecule has 3 aromatic rings. The van der Waals surface area contributed by atoms with E-state index < -0.39 is 5.97 Å². The Hall–Kier alpha value is -3.92.